The van der Waals surface area contributed by atoms with Crippen molar-refractivity contribution < 1.29 is 4.74 Å². The Balaban J connectivity index is 2.78. The molecule has 0 aliphatic heterocycles. The minimum atomic E-state index is 0.253. The van der Waals surface area contributed by atoms with Gasteiger partial charge in [-0.3, -0.25) is 0 Å². The van der Waals surface area contributed by atoms with E-state index in [1.54, 1.807) is 7.11 Å². The van der Waals surface area contributed by atoms with Crippen LogP contribution in [-0.2, 0) is 6.42 Å². The van der Waals surface area contributed by atoms with Crippen molar-refractivity contribution in [2.45, 2.75) is 26.7 Å². The Bertz CT molecular complexity index is 350. The van der Waals surface area contributed by atoms with Crippen LogP contribution in [-0.4, -0.2) is 13.7 Å². The number of hydrogen-bond acceptors (Lipinski definition) is 2. The molecule has 0 aromatic heterocycles. The van der Waals surface area contributed by atoms with Gasteiger partial charge in [-0.1, -0.05) is 19.9 Å². The van der Waals surface area contributed by atoms with Gasteiger partial charge in [-0.2, -0.15) is 0 Å². The van der Waals surface area contributed by atoms with Gasteiger partial charge in [0.2, 0.25) is 0 Å². The lowest BCUT2D eigenvalue weighted by Gasteiger charge is -2.24. The van der Waals surface area contributed by atoms with Crippen molar-refractivity contribution in [2.24, 2.45) is 11.1 Å². The van der Waals surface area contributed by atoms with Crippen LogP contribution in [0.15, 0.2) is 22.7 Å². The van der Waals surface area contributed by atoms with Crippen LogP contribution >= 0.6 is 15.9 Å². The Morgan fingerprint density at radius 3 is 2.56 bits per heavy atom. The zero-order valence-electron chi connectivity index (χ0n) is 10.2. The molecule has 0 fully saturated rings. The molecule has 1 rings (SSSR count). The van der Waals surface area contributed by atoms with Gasteiger partial charge < -0.3 is 10.5 Å². The first kappa shape index (κ1) is 13.5. The number of benzene rings is 1. The summed E-state index contributed by atoms with van der Waals surface area (Å²) in [4.78, 5) is 0. The molecule has 16 heavy (non-hydrogen) atoms. The number of halogens is 1. The smallest absolute Gasteiger partial charge is 0.133 e. The van der Waals surface area contributed by atoms with E-state index >= 15 is 0 Å². The zero-order chi connectivity index (χ0) is 12.2. The molecule has 0 amide bonds. The van der Waals surface area contributed by atoms with Gasteiger partial charge in [0, 0.05) is 0 Å². The van der Waals surface area contributed by atoms with Crippen LogP contribution in [0.25, 0.3) is 0 Å². The lowest BCUT2D eigenvalue weighted by atomic mass is 9.83. The molecule has 0 saturated carbocycles. The van der Waals surface area contributed by atoms with Crippen molar-refractivity contribution in [3.8, 4) is 5.75 Å². The van der Waals surface area contributed by atoms with Gasteiger partial charge >= 0.3 is 0 Å². The first-order valence-electron chi connectivity index (χ1n) is 5.51. The fourth-order valence-corrected chi connectivity index (χ4v) is 2.44. The number of methoxy groups -OCH3 is 1. The van der Waals surface area contributed by atoms with E-state index in [1.165, 1.54) is 5.56 Å². The first-order chi connectivity index (χ1) is 7.48. The van der Waals surface area contributed by atoms with E-state index in [1.807, 2.05) is 6.07 Å². The third kappa shape index (κ3) is 3.80. The van der Waals surface area contributed by atoms with E-state index in [4.69, 9.17) is 10.5 Å². The molecular formula is C13H20BrNO. The molecule has 90 valence electrons. The molecule has 0 spiro atoms. The van der Waals surface area contributed by atoms with Crippen molar-refractivity contribution in [3.05, 3.63) is 28.2 Å². The minimum Gasteiger partial charge on any atom is -0.496 e. The van der Waals surface area contributed by atoms with Crippen LogP contribution in [0, 0.1) is 5.41 Å². The Morgan fingerprint density at radius 2 is 2.06 bits per heavy atom. The van der Waals surface area contributed by atoms with Crippen molar-refractivity contribution in [1.29, 1.82) is 0 Å². The Hall–Kier alpha value is -0.540. The number of ether oxygens (including phenoxy) is 1. The van der Waals surface area contributed by atoms with E-state index in [0.717, 1.165) is 29.6 Å². The van der Waals surface area contributed by atoms with Gasteiger partial charge in [-0.05, 0) is 58.4 Å². The highest BCUT2D eigenvalue weighted by Crippen LogP contribution is 2.30. The molecule has 2 nitrogen and oxygen atoms in total. The maximum Gasteiger partial charge on any atom is 0.133 e. The summed E-state index contributed by atoms with van der Waals surface area (Å²) >= 11 is 3.50. The topological polar surface area (TPSA) is 35.2 Å². The summed E-state index contributed by atoms with van der Waals surface area (Å²) in [5, 5.41) is 0. The largest absolute Gasteiger partial charge is 0.496 e. The second kappa shape index (κ2) is 5.69. The maximum absolute atomic E-state index is 5.61. The molecule has 0 bridgehead atoms. The highest BCUT2D eigenvalue weighted by Gasteiger charge is 2.17. The Kier molecular flexibility index (Phi) is 4.81. The van der Waals surface area contributed by atoms with Crippen molar-refractivity contribution in [2.75, 3.05) is 13.7 Å². The minimum absolute atomic E-state index is 0.253. The monoisotopic (exact) mass is 285 g/mol. The van der Waals surface area contributed by atoms with Gasteiger partial charge in [0.1, 0.15) is 5.75 Å². The summed E-state index contributed by atoms with van der Waals surface area (Å²) in [5.74, 6) is 0.875. The summed E-state index contributed by atoms with van der Waals surface area (Å²) < 4.78 is 6.22. The highest BCUT2D eigenvalue weighted by molar-refractivity contribution is 9.10. The molecule has 0 atom stereocenters. The number of nitrogens with two attached hydrogens (primary N) is 1. The quantitative estimate of drug-likeness (QED) is 0.900. The lowest BCUT2D eigenvalue weighted by Crippen LogP contribution is -2.19. The molecule has 0 radical (unpaired) electrons. The molecule has 0 saturated heterocycles. The second-order valence-electron chi connectivity index (χ2n) is 4.85. The standard InChI is InChI=1S/C13H20BrNO/c1-13(2,6-7-15)9-10-4-5-12(16-3)11(14)8-10/h4-5,8H,6-7,9,15H2,1-3H3. The van der Waals surface area contributed by atoms with Crippen molar-refractivity contribution in [3.63, 3.8) is 0 Å². The third-order valence-electron chi connectivity index (χ3n) is 2.72. The molecule has 0 aliphatic rings. The van der Waals surface area contributed by atoms with E-state index < -0.39 is 0 Å². The maximum atomic E-state index is 5.61. The summed E-state index contributed by atoms with van der Waals surface area (Å²) in [7, 11) is 1.68. The molecule has 1 aromatic rings. The third-order valence-corrected chi connectivity index (χ3v) is 3.34. The van der Waals surface area contributed by atoms with E-state index in [-0.39, 0.29) is 5.41 Å². The molecule has 0 heterocycles. The van der Waals surface area contributed by atoms with E-state index in [9.17, 15) is 0 Å². The molecule has 0 aliphatic carbocycles. The van der Waals surface area contributed by atoms with Gasteiger partial charge in [-0.25, -0.2) is 0 Å². The summed E-state index contributed by atoms with van der Waals surface area (Å²) in [6.45, 7) is 5.24. The van der Waals surface area contributed by atoms with Crippen molar-refractivity contribution >= 4 is 15.9 Å². The molecule has 0 unspecified atom stereocenters. The van der Waals surface area contributed by atoms with Crippen LogP contribution in [0.1, 0.15) is 25.8 Å². The van der Waals surface area contributed by atoms with Gasteiger partial charge in [0.15, 0.2) is 0 Å². The predicted molar refractivity (Wildman–Crippen MR) is 71.9 cm³/mol. The highest BCUT2D eigenvalue weighted by atomic mass is 79.9. The first-order valence-corrected chi connectivity index (χ1v) is 6.30. The van der Waals surface area contributed by atoms with Crippen LogP contribution in [0.3, 0.4) is 0 Å². The Labute approximate surface area is 106 Å². The van der Waals surface area contributed by atoms with Crippen molar-refractivity contribution in [1.82, 2.24) is 0 Å². The lowest BCUT2D eigenvalue weighted by molar-refractivity contribution is 0.338. The molecular weight excluding hydrogens is 266 g/mol. The van der Waals surface area contributed by atoms with Crippen LogP contribution in [0.4, 0.5) is 0 Å². The average molecular weight is 286 g/mol. The zero-order valence-corrected chi connectivity index (χ0v) is 11.8. The number of rotatable bonds is 5. The predicted octanol–water partition coefficient (Wildman–Crippen LogP) is 3.38. The Morgan fingerprint density at radius 1 is 1.38 bits per heavy atom. The van der Waals surface area contributed by atoms with Crippen LogP contribution < -0.4 is 10.5 Å². The molecule has 1 aromatic carbocycles. The average Bonchev–Trinajstić information content (AvgIpc) is 2.17. The van der Waals surface area contributed by atoms with Gasteiger partial charge in [0.25, 0.3) is 0 Å². The number of hydrogen-bond donors (Lipinski definition) is 1. The summed E-state index contributed by atoms with van der Waals surface area (Å²) in [5.41, 5.74) is 7.18. The fraction of sp³-hybridized carbons (Fsp3) is 0.538. The van der Waals surface area contributed by atoms with Crippen LogP contribution in [0.2, 0.25) is 0 Å². The molecule has 3 heteroatoms. The van der Waals surface area contributed by atoms with E-state index in [0.29, 0.717) is 0 Å². The summed E-state index contributed by atoms with van der Waals surface area (Å²) in [6.07, 6.45) is 2.07. The fourth-order valence-electron chi connectivity index (χ4n) is 1.85. The molecule has 2 N–H and O–H groups in total. The van der Waals surface area contributed by atoms with Crippen LogP contribution in [0.5, 0.6) is 5.75 Å². The SMILES string of the molecule is COc1ccc(CC(C)(C)CCN)cc1Br. The van der Waals surface area contributed by atoms with Gasteiger partial charge in [-0.15, -0.1) is 0 Å². The second-order valence-corrected chi connectivity index (χ2v) is 5.70. The van der Waals surface area contributed by atoms with Gasteiger partial charge in [0.05, 0.1) is 11.6 Å². The van der Waals surface area contributed by atoms with E-state index in [2.05, 4.69) is 41.9 Å². The normalized spacial score (nSPS) is 11.6. The summed E-state index contributed by atoms with van der Waals surface area (Å²) in [6, 6.07) is 6.23.